The van der Waals surface area contributed by atoms with Crippen molar-refractivity contribution >= 4 is 61.3 Å². The molecule has 2 aliphatic heterocycles. The van der Waals surface area contributed by atoms with E-state index < -0.39 is 24.3 Å². The zero-order valence-electron chi connectivity index (χ0n) is 26.9. The van der Waals surface area contributed by atoms with Crippen LogP contribution in [0.1, 0.15) is 0 Å². The first-order valence-corrected chi connectivity index (χ1v) is 13.0. The van der Waals surface area contributed by atoms with E-state index in [1.165, 1.54) is 53.2 Å². The van der Waals surface area contributed by atoms with E-state index in [2.05, 4.69) is 29.9 Å². The van der Waals surface area contributed by atoms with Gasteiger partial charge in [-0.1, -0.05) is 0 Å². The Balaban J connectivity index is 0.000000320. The zero-order valence-corrected chi connectivity index (χ0v) is 29.1. The number of hydrogen-bond donors (Lipinski definition) is 0. The van der Waals surface area contributed by atoms with E-state index >= 15 is 0 Å². The number of amidine groups is 2. The van der Waals surface area contributed by atoms with Crippen LogP contribution >= 0.6 is 0 Å². The fourth-order valence-electron chi connectivity index (χ4n) is 3.43. The number of carbonyl (C=O) groups is 2. The maximum absolute atomic E-state index is 11.3. The van der Waals surface area contributed by atoms with Gasteiger partial charge in [0, 0.05) is 40.6 Å². The average molecular weight is 685 g/mol. The standard InChI is InChI=1S/2C13H17N5O5.Ca/c2*1-17(2)9-5-6-18(10(15-9)12(19)20)23-13-14-7-8(21-3)11(16-13)22-4;/h2*5-7,10H,1-4H3,(H,19,20);/q;;+2/p-2. The molecule has 2 aliphatic rings. The van der Waals surface area contributed by atoms with Crippen molar-refractivity contribution in [2.75, 3.05) is 56.6 Å². The number of methoxy groups -OCH3 is 4. The largest absolute Gasteiger partial charge is 2.00 e. The van der Waals surface area contributed by atoms with Crippen LogP contribution in [-0.2, 0) is 9.59 Å². The Kier molecular flexibility index (Phi) is 14.5. The van der Waals surface area contributed by atoms with Crippen molar-refractivity contribution < 1.29 is 48.4 Å². The number of carbonyl (C=O) groups excluding carboxylic acids is 2. The van der Waals surface area contributed by atoms with Crippen LogP contribution in [0.2, 0.25) is 0 Å². The monoisotopic (exact) mass is 684 g/mol. The van der Waals surface area contributed by atoms with Crippen LogP contribution in [0, 0.1) is 0 Å². The molecule has 47 heavy (non-hydrogen) atoms. The number of ether oxygens (including phenoxy) is 4. The molecule has 0 aliphatic carbocycles. The molecule has 0 radical (unpaired) electrons. The summed E-state index contributed by atoms with van der Waals surface area (Å²) in [5.74, 6) is -0.971. The second-order valence-corrected chi connectivity index (χ2v) is 9.14. The quantitative estimate of drug-likeness (QED) is 0.226. The summed E-state index contributed by atoms with van der Waals surface area (Å²) in [7, 11) is 12.7. The van der Waals surface area contributed by atoms with Crippen LogP contribution in [0.4, 0.5) is 0 Å². The zero-order chi connectivity index (χ0) is 34.0. The first-order valence-electron chi connectivity index (χ1n) is 13.0. The van der Waals surface area contributed by atoms with E-state index in [0.29, 0.717) is 23.2 Å². The number of hydroxylamine groups is 4. The molecule has 0 amide bonds. The summed E-state index contributed by atoms with van der Waals surface area (Å²) in [5.41, 5.74) is 0. The normalized spacial score (nSPS) is 16.3. The van der Waals surface area contributed by atoms with Crippen molar-refractivity contribution in [2.45, 2.75) is 12.3 Å². The summed E-state index contributed by atoms with van der Waals surface area (Å²) < 4.78 is 20.1. The predicted octanol–water partition coefficient (Wildman–Crippen LogP) is -3.07. The molecule has 4 rings (SSSR count). The Morgan fingerprint density at radius 3 is 1.32 bits per heavy atom. The maximum Gasteiger partial charge on any atom is 2.00 e. The fraction of sp³-hybridized carbons (Fsp3) is 0.385. The van der Waals surface area contributed by atoms with E-state index in [1.54, 1.807) is 50.1 Å². The van der Waals surface area contributed by atoms with Crippen LogP contribution < -0.4 is 38.8 Å². The van der Waals surface area contributed by atoms with Crippen molar-refractivity contribution in [1.82, 2.24) is 39.9 Å². The second kappa shape index (κ2) is 17.8. The Morgan fingerprint density at radius 2 is 1.04 bits per heavy atom. The van der Waals surface area contributed by atoms with E-state index in [0.717, 1.165) is 10.1 Å². The van der Waals surface area contributed by atoms with Crippen LogP contribution in [0.5, 0.6) is 35.3 Å². The molecule has 4 heterocycles. The number of carboxylic acid groups (broad SMARTS) is 2. The molecule has 20 nitrogen and oxygen atoms in total. The molecule has 248 valence electrons. The molecule has 21 heteroatoms. The number of aliphatic imine (C=N–C) groups is 2. The van der Waals surface area contributed by atoms with Gasteiger partial charge in [-0.25, -0.2) is 9.98 Å². The number of likely N-dealkylation sites (N-methyl/N-ethyl adjacent to an activating group) is 2. The summed E-state index contributed by atoms with van der Waals surface area (Å²) in [5, 5.41) is 24.5. The molecule has 0 saturated heterocycles. The van der Waals surface area contributed by atoms with Crippen molar-refractivity contribution in [3.8, 4) is 35.3 Å². The van der Waals surface area contributed by atoms with E-state index in [4.69, 9.17) is 28.6 Å². The minimum absolute atomic E-state index is 0. The fourth-order valence-corrected chi connectivity index (χ4v) is 3.43. The van der Waals surface area contributed by atoms with E-state index in [9.17, 15) is 19.8 Å². The molecule has 0 bridgehead atoms. The summed E-state index contributed by atoms with van der Waals surface area (Å²) in [6.07, 6.45) is 5.93. The second-order valence-electron chi connectivity index (χ2n) is 9.14. The van der Waals surface area contributed by atoms with E-state index in [1.807, 2.05) is 0 Å². The number of nitrogens with zero attached hydrogens (tertiary/aromatic N) is 10. The third-order valence-electron chi connectivity index (χ3n) is 5.67. The van der Waals surface area contributed by atoms with Gasteiger partial charge in [0.25, 0.3) is 11.8 Å². The van der Waals surface area contributed by atoms with Gasteiger partial charge in [0.05, 0.1) is 52.8 Å². The summed E-state index contributed by atoms with van der Waals surface area (Å²) in [6.45, 7) is 0. The predicted molar refractivity (Wildman–Crippen MR) is 159 cm³/mol. The summed E-state index contributed by atoms with van der Waals surface area (Å²) >= 11 is 0. The van der Waals surface area contributed by atoms with Crippen molar-refractivity contribution in [3.63, 3.8) is 0 Å². The van der Waals surface area contributed by atoms with Gasteiger partial charge in [-0.05, 0) is 12.2 Å². The SMILES string of the molecule is COc1cnc(ON2C=CC(N(C)C)=NC2C(=O)[O-])nc1OC.COc1cnc(ON2C=CC(N(C)C)=NC2C(=O)[O-])nc1OC.[Ca+2]. The van der Waals surface area contributed by atoms with Crippen LogP contribution in [0.15, 0.2) is 46.9 Å². The number of hydrogen-bond acceptors (Lipinski definition) is 20. The minimum atomic E-state index is -1.42. The number of aromatic nitrogens is 4. The maximum atomic E-state index is 11.3. The van der Waals surface area contributed by atoms with Crippen LogP contribution in [0.3, 0.4) is 0 Å². The van der Waals surface area contributed by atoms with Crippen molar-refractivity contribution in [1.29, 1.82) is 0 Å². The molecule has 0 saturated carbocycles. The first-order chi connectivity index (χ1) is 21.9. The van der Waals surface area contributed by atoms with Gasteiger partial charge in [0.1, 0.15) is 11.7 Å². The third kappa shape index (κ3) is 10.1. The smallest absolute Gasteiger partial charge is 0.546 e. The Hall–Kier alpha value is -4.82. The molecule has 0 N–H and O–H groups in total. The molecule has 0 fully saturated rings. The molecule has 2 aromatic heterocycles. The van der Waals surface area contributed by atoms with E-state index in [-0.39, 0.29) is 61.5 Å². The first kappa shape index (κ1) is 38.4. The number of rotatable bonds is 10. The van der Waals surface area contributed by atoms with Gasteiger partial charge >= 0.3 is 49.8 Å². The molecular weight excluding hydrogens is 652 g/mol. The molecule has 2 unspecified atom stereocenters. The van der Waals surface area contributed by atoms with Gasteiger partial charge in [-0.2, -0.15) is 30.1 Å². The van der Waals surface area contributed by atoms with Crippen molar-refractivity contribution in [2.24, 2.45) is 9.98 Å². The summed E-state index contributed by atoms with van der Waals surface area (Å²) in [4.78, 5) is 60.4. The van der Waals surface area contributed by atoms with Gasteiger partial charge in [-0.3, -0.25) is 0 Å². The number of carboxylic acids is 2. The van der Waals surface area contributed by atoms with Gasteiger partial charge in [0.15, 0.2) is 23.8 Å². The Bertz CT molecular complexity index is 1410. The van der Waals surface area contributed by atoms with Crippen LogP contribution in [-0.4, -0.2) is 170 Å². The van der Waals surface area contributed by atoms with Gasteiger partial charge in [0.2, 0.25) is 0 Å². The number of aliphatic carboxylic acids is 2. The van der Waals surface area contributed by atoms with Crippen LogP contribution in [0.25, 0.3) is 0 Å². The summed E-state index contributed by atoms with van der Waals surface area (Å²) in [6, 6.07) is -0.246. The molecule has 2 atom stereocenters. The molecule has 0 aromatic carbocycles. The molecule has 0 spiro atoms. The third-order valence-corrected chi connectivity index (χ3v) is 5.67. The Labute approximate surface area is 299 Å². The molecular formula is C26H32CaN10O10. The topological polar surface area (TPSA) is 225 Å². The molecule has 2 aromatic rings. The minimum Gasteiger partial charge on any atom is -0.546 e. The van der Waals surface area contributed by atoms with Crippen molar-refractivity contribution in [3.05, 3.63) is 36.9 Å². The van der Waals surface area contributed by atoms with Gasteiger partial charge < -0.3 is 58.2 Å². The average Bonchev–Trinajstić information content (AvgIpc) is 3.04. The van der Waals surface area contributed by atoms with Gasteiger partial charge in [-0.15, -0.1) is 0 Å². The Morgan fingerprint density at radius 1 is 0.681 bits per heavy atom.